The molecule has 0 aliphatic carbocycles. The van der Waals surface area contributed by atoms with Gasteiger partial charge in [0.1, 0.15) is 11.6 Å². The molecule has 2 aromatic rings. The molecule has 2 rings (SSSR count). The topological polar surface area (TPSA) is 63.9 Å². The van der Waals surface area contributed by atoms with Crippen LogP contribution in [0.5, 0.6) is 5.75 Å². The first-order chi connectivity index (χ1) is 9.15. The third-order valence-electron chi connectivity index (χ3n) is 2.99. The van der Waals surface area contributed by atoms with Gasteiger partial charge in [0.25, 0.3) is 0 Å². The summed E-state index contributed by atoms with van der Waals surface area (Å²) in [5.41, 5.74) is 8.76. The zero-order chi connectivity index (χ0) is 13.8. The maximum Gasteiger partial charge on any atom is 0.119 e. The first-order valence-corrected chi connectivity index (χ1v) is 6.67. The molecule has 1 aromatic heterocycles. The zero-order valence-electron chi connectivity index (χ0n) is 11.7. The third kappa shape index (κ3) is 2.96. The Bertz CT molecular complexity index is 529. The van der Waals surface area contributed by atoms with Gasteiger partial charge >= 0.3 is 0 Å². The van der Waals surface area contributed by atoms with E-state index in [0.29, 0.717) is 19.1 Å². The summed E-state index contributed by atoms with van der Waals surface area (Å²) in [4.78, 5) is 7.95. The minimum atomic E-state index is 0.363. The van der Waals surface area contributed by atoms with Crippen LogP contribution in [0.3, 0.4) is 0 Å². The molecule has 0 aliphatic heterocycles. The molecule has 0 saturated carbocycles. The van der Waals surface area contributed by atoms with E-state index in [4.69, 9.17) is 10.5 Å². The van der Waals surface area contributed by atoms with Gasteiger partial charge in [0.05, 0.1) is 18.0 Å². The largest absolute Gasteiger partial charge is 0.494 e. The molecule has 0 spiro atoms. The molecule has 3 N–H and O–H groups in total. The van der Waals surface area contributed by atoms with E-state index < -0.39 is 0 Å². The summed E-state index contributed by atoms with van der Waals surface area (Å²) < 4.78 is 5.44. The minimum absolute atomic E-state index is 0.363. The Morgan fingerprint density at radius 3 is 2.47 bits per heavy atom. The second-order valence-corrected chi connectivity index (χ2v) is 4.77. The smallest absolute Gasteiger partial charge is 0.119 e. The van der Waals surface area contributed by atoms with Crippen LogP contribution in [0.15, 0.2) is 24.3 Å². The van der Waals surface area contributed by atoms with E-state index in [0.717, 1.165) is 28.5 Å². The number of benzene rings is 1. The molecule has 0 aliphatic rings. The molecule has 102 valence electrons. The number of nitrogens with two attached hydrogens (primary N) is 1. The fourth-order valence-electron chi connectivity index (χ4n) is 1.97. The highest BCUT2D eigenvalue weighted by Gasteiger charge is 2.13. The molecular formula is C15H21N3O. The number of ether oxygens (including phenoxy) is 1. The van der Waals surface area contributed by atoms with Crippen molar-refractivity contribution in [2.24, 2.45) is 5.73 Å². The molecule has 0 amide bonds. The molecule has 1 aromatic carbocycles. The van der Waals surface area contributed by atoms with Gasteiger partial charge in [-0.05, 0) is 31.2 Å². The van der Waals surface area contributed by atoms with Gasteiger partial charge in [-0.15, -0.1) is 0 Å². The van der Waals surface area contributed by atoms with Crippen molar-refractivity contribution >= 4 is 0 Å². The maximum absolute atomic E-state index is 5.78. The molecule has 0 bridgehead atoms. The van der Waals surface area contributed by atoms with Crippen molar-refractivity contribution in [2.45, 2.75) is 33.2 Å². The molecular weight excluding hydrogens is 238 g/mol. The number of hydrogen-bond donors (Lipinski definition) is 2. The summed E-state index contributed by atoms with van der Waals surface area (Å²) in [6, 6.07) is 7.96. The highest BCUT2D eigenvalue weighted by atomic mass is 16.5. The van der Waals surface area contributed by atoms with E-state index in [2.05, 4.69) is 23.8 Å². The van der Waals surface area contributed by atoms with Crippen molar-refractivity contribution in [1.29, 1.82) is 0 Å². The summed E-state index contributed by atoms with van der Waals surface area (Å²) in [6.45, 7) is 7.33. The Kier molecular flexibility index (Phi) is 4.22. The van der Waals surface area contributed by atoms with E-state index in [1.807, 2.05) is 31.2 Å². The lowest BCUT2D eigenvalue weighted by Crippen LogP contribution is -1.99. The van der Waals surface area contributed by atoms with Crippen molar-refractivity contribution in [3.8, 4) is 17.0 Å². The third-order valence-corrected chi connectivity index (χ3v) is 2.99. The van der Waals surface area contributed by atoms with E-state index >= 15 is 0 Å². The van der Waals surface area contributed by atoms with E-state index in [1.165, 1.54) is 0 Å². The standard InChI is InChI=1S/C15H21N3O/c1-4-19-12-7-5-11(6-8-12)14-13(9-16)17-15(18-14)10(2)3/h5-8,10H,4,9,16H2,1-3H3,(H,17,18). The second kappa shape index (κ2) is 5.89. The fourth-order valence-corrected chi connectivity index (χ4v) is 1.97. The van der Waals surface area contributed by atoms with Crippen LogP contribution >= 0.6 is 0 Å². The van der Waals surface area contributed by atoms with Crippen LogP contribution in [0.1, 0.15) is 38.2 Å². The summed E-state index contributed by atoms with van der Waals surface area (Å²) in [6.07, 6.45) is 0. The Morgan fingerprint density at radius 1 is 1.26 bits per heavy atom. The number of aromatic amines is 1. The van der Waals surface area contributed by atoms with Crippen LogP contribution in [0.2, 0.25) is 0 Å². The number of H-pyrrole nitrogens is 1. The van der Waals surface area contributed by atoms with Gasteiger partial charge in [0.2, 0.25) is 0 Å². The number of imidazole rings is 1. The average Bonchev–Trinajstić information content (AvgIpc) is 2.84. The molecule has 4 nitrogen and oxygen atoms in total. The van der Waals surface area contributed by atoms with Crippen molar-refractivity contribution in [2.75, 3.05) is 6.61 Å². The van der Waals surface area contributed by atoms with Gasteiger partial charge in [0, 0.05) is 18.0 Å². The van der Waals surface area contributed by atoms with Crippen LogP contribution in [-0.4, -0.2) is 16.6 Å². The Balaban J connectivity index is 2.34. The normalized spacial score (nSPS) is 11.0. The predicted molar refractivity (Wildman–Crippen MR) is 77.2 cm³/mol. The Hall–Kier alpha value is -1.81. The van der Waals surface area contributed by atoms with Crippen molar-refractivity contribution in [3.05, 3.63) is 35.8 Å². The first-order valence-electron chi connectivity index (χ1n) is 6.67. The molecule has 19 heavy (non-hydrogen) atoms. The molecule has 0 atom stereocenters. The van der Waals surface area contributed by atoms with Crippen molar-refractivity contribution < 1.29 is 4.74 Å². The molecule has 0 unspecified atom stereocenters. The number of nitrogens with zero attached hydrogens (tertiary/aromatic N) is 1. The van der Waals surface area contributed by atoms with Crippen molar-refractivity contribution in [1.82, 2.24) is 9.97 Å². The van der Waals surface area contributed by atoms with E-state index in [9.17, 15) is 0 Å². The van der Waals surface area contributed by atoms with Crippen LogP contribution in [0.4, 0.5) is 0 Å². The average molecular weight is 259 g/mol. The lowest BCUT2D eigenvalue weighted by atomic mass is 10.1. The van der Waals surface area contributed by atoms with Gasteiger partial charge in [-0.25, -0.2) is 4.98 Å². The summed E-state index contributed by atoms with van der Waals surface area (Å²) >= 11 is 0. The lowest BCUT2D eigenvalue weighted by molar-refractivity contribution is 0.340. The first kappa shape index (κ1) is 13.6. The van der Waals surface area contributed by atoms with Gasteiger partial charge in [0.15, 0.2) is 0 Å². The minimum Gasteiger partial charge on any atom is -0.494 e. The molecule has 0 radical (unpaired) electrons. The zero-order valence-corrected chi connectivity index (χ0v) is 11.7. The summed E-state index contributed by atoms with van der Waals surface area (Å²) in [5, 5.41) is 0. The molecule has 1 heterocycles. The summed E-state index contributed by atoms with van der Waals surface area (Å²) in [5.74, 6) is 2.21. The van der Waals surface area contributed by atoms with E-state index in [1.54, 1.807) is 0 Å². The quantitative estimate of drug-likeness (QED) is 0.867. The summed E-state index contributed by atoms with van der Waals surface area (Å²) in [7, 11) is 0. The maximum atomic E-state index is 5.78. The lowest BCUT2D eigenvalue weighted by Gasteiger charge is -2.04. The predicted octanol–water partition coefficient (Wildman–Crippen LogP) is 3.06. The van der Waals surface area contributed by atoms with Crippen LogP contribution in [0.25, 0.3) is 11.3 Å². The van der Waals surface area contributed by atoms with Crippen LogP contribution < -0.4 is 10.5 Å². The van der Waals surface area contributed by atoms with Gasteiger partial charge < -0.3 is 15.5 Å². The molecule has 4 heteroatoms. The number of hydrogen-bond acceptors (Lipinski definition) is 3. The van der Waals surface area contributed by atoms with E-state index in [-0.39, 0.29) is 0 Å². The van der Waals surface area contributed by atoms with Crippen LogP contribution in [0, 0.1) is 0 Å². The monoisotopic (exact) mass is 259 g/mol. The van der Waals surface area contributed by atoms with Crippen LogP contribution in [-0.2, 0) is 6.54 Å². The number of rotatable bonds is 5. The van der Waals surface area contributed by atoms with Gasteiger partial charge in [-0.2, -0.15) is 0 Å². The van der Waals surface area contributed by atoms with Crippen molar-refractivity contribution in [3.63, 3.8) is 0 Å². The molecule has 0 saturated heterocycles. The molecule has 0 fully saturated rings. The van der Waals surface area contributed by atoms with Gasteiger partial charge in [-0.1, -0.05) is 13.8 Å². The number of nitrogens with one attached hydrogen (secondary N) is 1. The highest BCUT2D eigenvalue weighted by molar-refractivity contribution is 5.63. The highest BCUT2D eigenvalue weighted by Crippen LogP contribution is 2.26. The Morgan fingerprint density at radius 2 is 1.95 bits per heavy atom. The van der Waals surface area contributed by atoms with Gasteiger partial charge in [-0.3, -0.25) is 0 Å². The fraction of sp³-hybridized carbons (Fsp3) is 0.400. The number of aromatic nitrogens is 2. The SMILES string of the molecule is CCOc1ccc(-c2nc(C(C)C)[nH]c2CN)cc1. The second-order valence-electron chi connectivity index (χ2n) is 4.77. The Labute approximate surface area is 114 Å².